The number of pyridine rings is 1. The Morgan fingerprint density at radius 3 is 2.54 bits per heavy atom. The van der Waals surface area contributed by atoms with Gasteiger partial charge in [0.05, 0.1) is 10.9 Å². The summed E-state index contributed by atoms with van der Waals surface area (Å²) in [5.74, 6) is -1.37. The van der Waals surface area contributed by atoms with Gasteiger partial charge in [-0.3, -0.25) is 4.79 Å². The number of fused-ring (bicyclic) bond motifs is 1. The summed E-state index contributed by atoms with van der Waals surface area (Å²) in [6.07, 6.45) is 2.61. The first-order valence-electron chi connectivity index (χ1n) is 8.79. The van der Waals surface area contributed by atoms with Crippen LogP contribution in [0.2, 0.25) is 0 Å². The number of carboxylic acids is 1. The third kappa shape index (κ3) is 3.31. The fourth-order valence-electron chi connectivity index (χ4n) is 3.41. The summed E-state index contributed by atoms with van der Waals surface area (Å²) >= 11 is 0. The van der Waals surface area contributed by atoms with Gasteiger partial charge in [-0.15, -0.1) is 0 Å². The minimum absolute atomic E-state index is 0.138. The van der Waals surface area contributed by atoms with Crippen LogP contribution in [0.25, 0.3) is 10.9 Å². The second kappa shape index (κ2) is 7.07. The molecule has 0 saturated heterocycles. The Kier molecular flexibility index (Phi) is 5.00. The summed E-state index contributed by atoms with van der Waals surface area (Å²) in [6.45, 7) is 1.22. The van der Waals surface area contributed by atoms with Crippen LogP contribution in [0, 0.1) is 0 Å². The second-order valence-corrected chi connectivity index (χ2v) is 7.21. The van der Waals surface area contributed by atoms with Gasteiger partial charge in [0.1, 0.15) is 0 Å². The summed E-state index contributed by atoms with van der Waals surface area (Å²) in [6, 6.07) is 5.06. The van der Waals surface area contributed by atoms with Crippen molar-refractivity contribution >= 4 is 22.7 Å². The van der Waals surface area contributed by atoms with Crippen molar-refractivity contribution in [1.29, 1.82) is 0 Å². The Balaban J connectivity index is 2.16. The van der Waals surface area contributed by atoms with E-state index in [1.54, 1.807) is 19.2 Å². The number of anilines is 1. The van der Waals surface area contributed by atoms with Crippen LogP contribution in [0.1, 0.15) is 41.1 Å². The molecule has 1 aliphatic rings. The normalized spacial score (nSPS) is 14.2. The number of aromatic carboxylic acids is 1. The molecule has 26 heavy (non-hydrogen) atoms. The van der Waals surface area contributed by atoms with Gasteiger partial charge in [-0.25, -0.2) is 4.79 Å². The van der Waals surface area contributed by atoms with E-state index in [0.717, 1.165) is 31.4 Å². The molecule has 0 aliphatic heterocycles. The van der Waals surface area contributed by atoms with E-state index in [9.17, 15) is 14.7 Å². The standard InChI is InChI=1S/C19H24FN3O3/c1-21(2)10-5-11-22(3)18-16(19(25)26)17(24)15-13(12-8-9-12)6-4-7-14(15)23(18)20/h4,6-7,12H,5,8-11H2,1-3H3,(H,25,26). The zero-order valence-electron chi connectivity index (χ0n) is 15.3. The maximum atomic E-state index is 15.2. The van der Waals surface area contributed by atoms with Crippen molar-refractivity contribution < 1.29 is 14.4 Å². The Labute approximate surface area is 151 Å². The molecule has 1 heterocycles. The molecular formula is C19H24FN3O3. The van der Waals surface area contributed by atoms with E-state index < -0.39 is 17.0 Å². The average molecular weight is 361 g/mol. The molecule has 7 heteroatoms. The predicted octanol–water partition coefficient (Wildman–Crippen LogP) is 2.70. The minimum Gasteiger partial charge on any atom is -0.477 e. The van der Waals surface area contributed by atoms with Crippen LogP contribution in [0.3, 0.4) is 0 Å². The smallest absolute Gasteiger partial charge is 0.343 e. The van der Waals surface area contributed by atoms with E-state index in [1.165, 1.54) is 11.0 Å². The van der Waals surface area contributed by atoms with Crippen molar-refractivity contribution in [3.63, 3.8) is 0 Å². The maximum Gasteiger partial charge on any atom is 0.343 e. The topological polar surface area (TPSA) is 65.8 Å². The van der Waals surface area contributed by atoms with Crippen molar-refractivity contribution in [3.8, 4) is 0 Å². The van der Waals surface area contributed by atoms with Gasteiger partial charge in [0.2, 0.25) is 5.43 Å². The van der Waals surface area contributed by atoms with Gasteiger partial charge in [-0.05, 0) is 57.5 Å². The molecule has 2 aromatic rings. The molecular weight excluding hydrogens is 337 g/mol. The number of benzene rings is 1. The molecule has 0 spiro atoms. The molecule has 6 nitrogen and oxygen atoms in total. The van der Waals surface area contributed by atoms with Gasteiger partial charge < -0.3 is 14.9 Å². The lowest BCUT2D eigenvalue weighted by Crippen LogP contribution is -2.31. The Morgan fingerprint density at radius 2 is 1.96 bits per heavy atom. The summed E-state index contributed by atoms with van der Waals surface area (Å²) in [7, 11) is 5.48. The highest BCUT2D eigenvalue weighted by Crippen LogP contribution is 2.42. The molecule has 0 radical (unpaired) electrons. The molecule has 3 rings (SSSR count). The van der Waals surface area contributed by atoms with Crippen LogP contribution in [0.4, 0.5) is 10.3 Å². The van der Waals surface area contributed by atoms with Gasteiger partial charge in [-0.1, -0.05) is 16.6 Å². The van der Waals surface area contributed by atoms with E-state index in [4.69, 9.17) is 0 Å². The van der Waals surface area contributed by atoms with Crippen LogP contribution in [-0.4, -0.2) is 55.0 Å². The lowest BCUT2D eigenvalue weighted by atomic mass is 10.0. The molecule has 0 unspecified atom stereocenters. The van der Waals surface area contributed by atoms with Crippen LogP contribution in [0.5, 0.6) is 0 Å². The summed E-state index contributed by atoms with van der Waals surface area (Å²) in [5.41, 5.74) is -0.208. The third-order valence-electron chi connectivity index (χ3n) is 4.84. The second-order valence-electron chi connectivity index (χ2n) is 7.21. The monoisotopic (exact) mass is 361 g/mol. The number of rotatable bonds is 7. The molecule has 0 amide bonds. The molecule has 1 aliphatic carbocycles. The predicted molar refractivity (Wildman–Crippen MR) is 100 cm³/mol. The van der Waals surface area contributed by atoms with E-state index in [0.29, 0.717) is 11.3 Å². The summed E-state index contributed by atoms with van der Waals surface area (Å²) in [4.78, 5) is 28.7. The highest BCUT2D eigenvalue weighted by atomic mass is 19.2. The van der Waals surface area contributed by atoms with Gasteiger partial charge >= 0.3 is 5.97 Å². The molecule has 1 aromatic heterocycles. The highest BCUT2D eigenvalue weighted by molar-refractivity contribution is 5.99. The molecule has 1 fully saturated rings. The first-order valence-corrected chi connectivity index (χ1v) is 8.79. The number of hydrogen-bond acceptors (Lipinski definition) is 4. The lowest BCUT2D eigenvalue weighted by Gasteiger charge is -2.24. The van der Waals surface area contributed by atoms with Gasteiger partial charge in [0, 0.05) is 13.6 Å². The summed E-state index contributed by atoms with van der Waals surface area (Å²) in [5, 5.41) is 9.82. The van der Waals surface area contributed by atoms with Gasteiger partial charge in [-0.2, -0.15) is 4.79 Å². The van der Waals surface area contributed by atoms with E-state index in [1.807, 2.05) is 19.0 Å². The maximum absolute atomic E-state index is 15.2. The van der Waals surface area contributed by atoms with Crippen molar-refractivity contribution in [1.82, 2.24) is 9.69 Å². The van der Waals surface area contributed by atoms with E-state index in [-0.39, 0.29) is 22.6 Å². The Hall–Kier alpha value is -2.41. The van der Waals surface area contributed by atoms with Crippen LogP contribution in [-0.2, 0) is 0 Å². The van der Waals surface area contributed by atoms with Gasteiger partial charge in [0.25, 0.3) is 0 Å². The molecule has 140 valence electrons. The Bertz CT molecular complexity index is 903. The van der Waals surface area contributed by atoms with Crippen LogP contribution < -0.4 is 10.3 Å². The average Bonchev–Trinajstić information content (AvgIpc) is 3.41. The SMILES string of the molecule is CN(C)CCCN(C)c1c(C(=O)O)c(=O)c2c(C3CC3)cccc2n1F. The number of nitrogens with zero attached hydrogens (tertiary/aromatic N) is 3. The third-order valence-corrected chi connectivity index (χ3v) is 4.84. The van der Waals surface area contributed by atoms with E-state index >= 15 is 4.48 Å². The molecule has 0 bridgehead atoms. The Morgan fingerprint density at radius 1 is 1.27 bits per heavy atom. The zero-order chi connectivity index (χ0) is 19.0. The number of carbonyl (C=O) groups is 1. The number of hydrogen-bond donors (Lipinski definition) is 1. The number of halogens is 1. The molecule has 1 saturated carbocycles. The lowest BCUT2D eigenvalue weighted by molar-refractivity contribution is 0.0694. The molecule has 0 atom stereocenters. The van der Waals surface area contributed by atoms with Gasteiger partial charge in [0.15, 0.2) is 11.4 Å². The molecule has 1 N–H and O–H groups in total. The fraction of sp³-hybridized carbons (Fsp3) is 0.474. The number of aromatic nitrogens is 1. The van der Waals surface area contributed by atoms with Crippen molar-refractivity contribution in [3.05, 3.63) is 39.5 Å². The largest absolute Gasteiger partial charge is 0.477 e. The number of carboxylic acid groups (broad SMARTS) is 1. The first-order chi connectivity index (χ1) is 12.3. The minimum atomic E-state index is -1.40. The van der Waals surface area contributed by atoms with Crippen molar-refractivity contribution in [2.45, 2.75) is 25.2 Å². The van der Waals surface area contributed by atoms with Crippen LogP contribution >= 0.6 is 0 Å². The summed E-state index contributed by atoms with van der Waals surface area (Å²) < 4.78 is 15.2. The van der Waals surface area contributed by atoms with E-state index in [2.05, 4.69) is 0 Å². The fourth-order valence-corrected chi connectivity index (χ4v) is 3.41. The highest BCUT2D eigenvalue weighted by Gasteiger charge is 2.31. The van der Waals surface area contributed by atoms with Crippen molar-refractivity contribution in [2.75, 3.05) is 39.1 Å². The van der Waals surface area contributed by atoms with Crippen molar-refractivity contribution in [2.24, 2.45) is 0 Å². The quantitative estimate of drug-likeness (QED) is 0.821. The first kappa shape index (κ1) is 18.4. The van der Waals surface area contributed by atoms with Crippen LogP contribution in [0.15, 0.2) is 23.0 Å². The molecule has 1 aromatic carbocycles. The zero-order valence-corrected chi connectivity index (χ0v) is 15.3.